The second kappa shape index (κ2) is 5.66. The molecule has 0 saturated carbocycles. The number of fused-ring (bicyclic) bond motifs is 1. The number of aromatic nitrogens is 2. The van der Waals surface area contributed by atoms with Gasteiger partial charge in [0.2, 0.25) is 0 Å². The predicted molar refractivity (Wildman–Crippen MR) is 81.5 cm³/mol. The molecule has 0 unspecified atom stereocenters. The van der Waals surface area contributed by atoms with Crippen molar-refractivity contribution in [2.24, 2.45) is 0 Å². The van der Waals surface area contributed by atoms with Gasteiger partial charge in [-0.25, -0.2) is 9.97 Å². The molecule has 2 N–H and O–H groups in total. The van der Waals surface area contributed by atoms with Crippen molar-refractivity contribution in [3.63, 3.8) is 0 Å². The number of phenols is 1. The summed E-state index contributed by atoms with van der Waals surface area (Å²) in [5, 5.41) is 13.9. The Kier molecular flexibility index (Phi) is 3.55. The Labute approximate surface area is 122 Å². The van der Waals surface area contributed by atoms with Crippen molar-refractivity contribution >= 4 is 16.7 Å². The van der Waals surface area contributed by atoms with Gasteiger partial charge in [0.05, 0.1) is 12.6 Å². The summed E-state index contributed by atoms with van der Waals surface area (Å²) in [5.41, 5.74) is 1.83. The van der Waals surface area contributed by atoms with E-state index in [1.54, 1.807) is 12.1 Å². The van der Waals surface area contributed by atoms with Gasteiger partial charge < -0.3 is 15.2 Å². The van der Waals surface area contributed by atoms with E-state index in [2.05, 4.69) is 15.3 Å². The Balaban J connectivity index is 1.94. The molecule has 0 spiro atoms. The summed E-state index contributed by atoms with van der Waals surface area (Å²) in [4.78, 5) is 8.43. The van der Waals surface area contributed by atoms with Crippen LogP contribution in [0.2, 0.25) is 0 Å². The fourth-order valence-electron chi connectivity index (χ4n) is 2.16. The summed E-state index contributed by atoms with van der Waals surface area (Å²) in [6, 6.07) is 13.4. The van der Waals surface area contributed by atoms with Gasteiger partial charge in [-0.15, -0.1) is 0 Å². The number of benzene rings is 2. The van der Waals surface area contributed by atoms with Gasteiger partial charge in [-0.1, -0.05) is 30.3 Å². The smallest absolute Gasteiger partial charge is 0.161 e. The molecule has 0 bridgehead atoms. The summed E-state index contributed by atoms with van der Waals surface area (Å²) in [6.07, 6.45) is 1.47. The van der Waals surface area contributed by atoms with Gasteiger partial charge in [0.25, 0.3) is 0 Å². The lowest BCUT2D eigenvalue weighted by Crippen LogP contribution is -2.02. The van der Waals surface area contributed by atoms with E-state index in [9.17, 15) is 5.11 Å². The first-order valence-corrected chi connectivity index (χ1v) is 6.57. The maximum Gasteiger partial charge on any atom is 0.161 e. The maximum atomic E-state index is 9.80. The minimum Gasteiger partial charge on any atom is -0.504 e. The number of hydrogen-bond donors (Lipinski definition) is 2. The van der Waals surface area contributed by atoms with Gasteiger partial charge in [0, 0.05) is 18.0 Å². The van der Waals surface area contributed by atoms with E-state index in [0.29, 0.717) is 23.6 Å². The van der Waals surface area contributed by atoms with Gasteiger partial charge >= 0.3 is 0 Å². The molecule has 0 atom stereocenters. The molecular weight excluding hydrogens is 266 g/mol. The number of phenolic OH excluding ortho intramolecular Hbond substituents is 1. The highest BCUT2D eigenvalue weighted by Crippen LogP contribution is 2.32. The van der Waals surface area contributed by atoms with Crippen LogP contribution < -0.4 is 10.1 Å². The maximum absolute atomic E-state index is 9.80. The largest absolute Gasteiger partial charge is 0.504 e. The minimum absolute atomic E-state index is 0.0673. The summed E-state index contributed by atoms with van der Waals surface area (Å²) in [7, 11) is 1.52. The van der Waals surface area contributed by atoms with Crippen LogP contribution in [0.25, 0.3) is 10.9 Å². The van der Waals surface area contributed by atoms with E-state index in [-0.39, 0.29) is 5.75 Å². The van der Waals surface area contributed by atoms with E-state index in [4.69, 9.17) is 4.74 Å². The number of anilines is 1. The molecule has 106 valence electrons. The number of ether oxygens (including phenoxy) is 1. The van der Waals surface area contributed by atoms with E-state index >= 15 is 0 Å². The van der Waals surface area contributed by atoms with Crippen molar-refractivity contribution in [1.82, 2.24) is 9.97 Å². The summed E-state index contributed by atoms with van der Waals surface area (Å²) in [5.74, 6) is 1.18. The van der Waals surface area contributed by atoms with Crippen LogP contribution in [-0.4, -0.2) is 22.2 Å². The van der Waals surface area contributed by atoms with Crippen LogP contribution in [0.15, 0.2) is 48.8 Å². The zero-order valence-corrected chi connectivity index (χ0v) is 11.6. The third-order valence-electron chi connectivity index (χ3n) is 3.24. The molecule has 0 saturated heterocycles. The molecule has 3 rings (SSSR count). The van der Waals surface area contributed by atoms with Crippen LogP contribution in [-0.2, 0) is 6.54 Å². The average Bonchev–Trinajstić information content (AvgIpc) is 2.53. The molecule has 0 amide bonds. The van der Waals surface area contributed by atoms with Crippen molar-refractivity contribution in [2.45, 2.75) is 6.54 Å². The van der Waals surface area contributed by atoms with E-state index < -0.39 is 0 Å². The first-order chi connectivity index (χ1) is 10.3. The fourth-order valence-corrected chi connectivity index (χ4v) is 2.16. The lowest BCUT2D eigenvalue weighted by molar-refractivity contribution is 0.374. The molecule has 5 heteroatoms. The molecule has 0 aliphatic heterocycles. The van der Waals surface area contributed by atoms with Gasteiger partial charge in [-0.05, 0) is 11.6 Å². The van der Waals surface area contributed by atoms with Crippen LogP contribution >= 0.6 is 0 Å². The Bertz CT molecular complexity index is 760. The van der Waals surface area contributed by atoms with Crippen molar-refractivity contribution in [1.29, 1.82) is 0 Å². The molecule has 21 heavy (non-hydrogen) atoms. The summed E-state index contributed by atoms with van der Waals surface area (Å²) < 4.78 is 5.14. The Hall–Kier alpha value is -2.82. The highest BCUT2D eigenvalue weighted by molar-refractivity contribution is 5.91. The molecule has 5 nitrogen and oxygen atoms in total. The predicted octanol–water partition coefficient (Wildman–Crippen LogP) is 2.96. The molecule has 0 fully saturated rings. The van der Waals surface area contributed by atoms with Gasteiger partial charge in [-0.3, -0.25) is 0 Å². The Morgan fingerprint density at radius 2 is 1.95 bits per heavy atom. The molecule has 0 aliphatic rings. The first-order valence-electron chi connectivity index (χ1n) is 6.57. The molecule has 0 aliphatic carbocycles. The first kappa shape index (κ1) is 13.2. The van der Waals surface area contributed by atoms with Crippen LogP contribution in [0.5, 0.6) is 11.5 Å². The standard InChI is InChI=1S/C16H15N3O2/c1-21-15-7-12-13(8-14(15)20)18-10-19-16(12)17-9-11-5-3-2-4-6-11/h2-8,10,20H,9H2,1H3,(H,17,18,19). The van der Waals surface area contributed by atoms with E-state index in [1.807, 2.05) is 30.3 Å². The zero-order chi connectivity index (χ0) is 14.7. The molecule has 3 aromatic rings. The second-order valence-electron chi connectivity index (χ2n) is 4.60. The molecule has 1 aromatic heterocycles. The van der Waals surface area contributed by atoms with Crippen molar-refractivity contribution < 1.29 is 9.84 Å². The molecular formula is C16H15N3O2. The zero-order valence-electron chi connectivity index (χ0n) is 11.6. The highest BCUT2D eigenvalue weighted by Gasteiger charge is 2.09. The topological polar surface area (TPSA) is 67.3 Å². The second-order valence-corrected chi connectivity index (χ2v) is 4.60. The number of nitrogens with zero attached hydrogens (tertiary/aromatic N) is 2. The lowest BCUT2D eigenvalue weighted by Gasteiger charge is -2.10. The van der Waals surface area contributed by atoms with Crippen molar-refractivity contribution in [2.75, 3.05) is 12.4 Å². The number of aromatic hydroxyl groups is 1. The van der Waals surface area contributed by atoms with Crippen LogP contribution in [0.3, 0.4) is 0 Å². The molecule has 0 radical (unpaired) electrons. The summed E-state index contributed by atoms with van der Waals surface area (Å²) in [6.45, 7) is 0.663. The van der Waals surface area contributed by atoms with Crippen LogP contribution in [0.1, 0.15) is 5.56 Å². The Morgan fingerprint density at radius 1 is 1.14 bits per heavy atom. The van der Waals surface area contributed by atoms with Gasteiger partial charge in [0.1, 0.15) is 12.1 Å². The van der Waals surface area contributed by atoms with E-state index in [1.165, 1.54) is 13.4 Å². The van der Waals surface area contributed by atoms with Gasteiger partial charge in [-0.2, -0.15) is 0 Å². The summed E-state index contributed by atoms with van der Waals surface area (Å²) >= 11 is 0. The van der Waals surface area contributed by atoms with Crippen LogP contribution in [0.4, 0.5) is 5.82 Å². The minimum atomic E-state index is 0.0673. The third-order valence-corrected chi connectivity index (χ3v) is 3.24. The van der Waals surface area contributed by atoms with Crippen molar-refractivity contribution in [3.8, 4) is 11.5 Å². The highest BCUT2D eigenvalue weighted by atomic mass is 16.5. The van der Waals surface area contributed by atoms with Crippen LogP contribution in [0, 0.1) is 0 Å². The SMILES string of the molecule is COc1cc2c(NCc3ccccc3)ncnc2cc1O. The number of hydrogen-bond acceptors (Lipinski definition) is 5. The average molecular weight is 281 g/mol. The normalized spacial score (nSPS) is 10.5. The lowest BCUT2D eigenvalue weighted by atomic mass is 10.2. The molecule has 2 aromatic carbocycles. The van der Waals surface area contributed by atoms with Gasteiger partial charge in [0.15, 0.2) is 11.5 Å². The number of rotatable bonds is 4. The number of nitrogens with one attached hydrogen (secondary N) is 1. The number of methoxy groups -OCH3 is 1. The quantitative estimate of drug-likeness (QED) is 0.769. The third kappa shape index (κ3) is 2.72. The monoisotopic (exact) mass is 281 g/mol. The Morgan fingerprint density at radius 3 is 2.71 bits per heavy atom. The van der Waals surface area contributed by atoms with E-state index in [0.717, 1.165) is 10.9 Å². The molecule has 1 heterocycles. The fraction of sp³-hybridized carbons (Fsp3) is 0.125. The van der Waals surface area contributed by atoms with Crippen molar-refractivity contribution in [3.05, 3.63) is 54.4 Å².